The van der Waals surface area contributed by atoms with Crippen molar-refractivity contribution in [2.24, 2.45) is 0 Å². The first-order valence-corrected chi connectivity index (χ1v) is 2.65. The van der Waals surface area contributed by atoms with Crippen LogP contribution in [0, 0.1) is 0 Å². The highest BCUT2D eigenvalue weighted by Crippen LogP contribution is 1.87. The number of thiol groups is 1. The summed E-state index contributed by atoms with van der Waals surface area (Å²) in [6.45, 7) is 2.64. The molecule has 0 radical (unpaired) electrons. The van der Waals surface area contributed by atoms with Crippen LogP contribution in [0.4, 0.5) is 0 Å². The van der Waals surface area contributed by atoms with Crippen molar-refractivity contribution in [3.05, 3.63) is 0 Å². The van der Waals surface area contributed by atoms with Crippen molar-refractivity contribution in [2.45, 2.75) is 0 Å². The Balaban J connectivity index is 2.12. The lowest BCUT2D eigenvalue weighted by Gasteiger charge is -2.22. The van der Waals surface area contributed by atoms with Crippen LogP contribution in [0.3, 0.4) is 0 Å². The molecule has 1 rings (SSSR count). The van der Waals surface area contributed by atoms with Crippen LogP contribution in [0.1, 0.15) is 0 Å². The molecular weight excluding hydrogens is 110 g/mol. The van der Waals surface area contributed by atoms with Gasteiger partial charge in [0.15, 0.2) is 0 Å². The van der Waals surface area contributed by atoms with Crippen molar-refractivity contribution in [3.8, 4) is 0 Å². The lowest BCUT2D eigenvalue weighted by atomic mass is 10.8. The molecule has 0 aromatic carbocycles. The van der Waals surface area contributed by atoms with E-state index in [9.17, 15) is 0 Å². The topological polar surface area (TPSA) is 27.3 Å². The van der Waals surface area contributed by atoms with Crippen molar-refractivity contribution in [3.63, 3.8) is 0 Å². The molecule has 1 fully saturated rings. The van der Waals surface area contributed by atoms with Gasteiger partial charge in [0, 0.05) is 6.67 Å². The number of hydrogen-bond acceptors (Lipinski definition) is 4. The van der Waals surface area contributed by atoms with E-state index in [0.717, 1.165) is 20.0 Å². The summed E-state index contributed by atoms with van der Waals surface area (Å²) in [5, 5.41) is 6.15. The third-order valence-electron chi connectivity index (χ3n) is 0.839. The molecule has 0 amide bonds. The lowest BCUT2D eigenvalue weighted by molar-refractivity contribution is 0.326. The monoisotopic (exact) mass is 119 g/mol. The van der Waals surface area contributed by atoms with Crippen molar-refractivity contribution in [1.29, 1.82) is 0 Å². The van der Waals surface area contributed by atoms with Crippen LogP contribution in [0.15, 0.2) is 0 Å². The maximum absolute atomic E-state index is 4.07. The van der Waals surface area contributed by atoms with Crippen LogP contribution in [0.25, 0.3) is 0 Å². The highest BCUT2D eigenvalue weighted by molar-refractivity contribution is 7.77. The summed E-state index contributed by atoms with van der Waals surface area (Å²) in [5.41, 5.74) is 0. The third-order valence-corrected chi connectivity index (χ3v) is 1.12. The summed E-state index contributed by atoms with van der Waals surface area (Å²) in [6, 6.07) is 0. The Morgan fingerprint density at radius 3 is 2.14 bits per heavy atom. The van der Waals surface area contributed by atoms with Crippen LogP contribution in [-0.2, 0) is 0 Å². The minimum atomic E-state index is 0.871. The Morgan fingerprint density at radius 1 is 1.29 bits per heavy atom. The molecule has 0 aliphatic carbocycles. The van der Waals surface area contributed by atoms with E-state index < -0.39 is 0 Å². The normalized spacial score (nSPS) is 25.3. The molecule has 42 valence electrons. The summed E-state index contributed by atoms with van der Waals surface area (Å²) < 4.78 is 1.86. The van der Waals surface area contributed by atoms with Gasteiger partial charge in [-0.05, 0) is 0 Å². The molecule has 1 heterocycles. The second-order valence-electron chi connectivity index (χ2n) is 1.50. The minimum absolute atomic E-state index is 0.871. The van der Waals surface area contributed by atoms with Gasteiger partial charge in [-0.15, -0.1) is 0 Å². The molecular formula is C3H9N3S. The standard InChI is InChI=1S/C3H9N3S/c7-6-2-4-1-5-3-6/h4-5,7H,1-3H2. The molecule has 2 N–H and O–H groups in total. The Kier molecular flexibility index (Phi) is 1.93. The van der Waals surface area contributed by atoms with Crippen molar-refractivity contribution in [2.75, 3.05) is 20.0 Å². The SMILES string of the molecule is SN1CNCNC1. The quantitative estimate of drug-likeness (QED) is 0.364. The summed E-state index contributed by atoms with van der Waals surface area (Å²) in [7, 11) is 0. The molecule has 0 bridgehead atoms. The van der Waals surface area contributed by atoms with E-state index in [-0.39, 0.29) is 0 Å². The van der Waals surface area contributed by atoms with Gasteiger partial charge in [-0.1, -0.05) is 12.8 Å². The Labute approximate surface area is 48.6 Å². The van der Waals surface area contributed by atoms with E-state index >= 15 is 0 Å². The van der Waals surface area contributed by atoms with Gasteiger partial charge in [0.2, 0.25) is 0 Å². The van der Waals surface area contributed by atoms with Crippen LogP contribution in [0.2, 0.25) is 0 Å². The summed E-state index contributed by atoms with van der Waals surface area (Å²) in [4.78, 5) is 0. The van der Waals surface area contributed by atoms with Crippen LogP contribution < -0.4 is 10.6 Å². The fraction of sp³-hybridized carbons (Fsp3) is 1.00. The first-order chi connectivity index (χ1) is 3.39. The molecule has 4 heteroatoms. The van der Waals surface area contributed by atoms with Crippen LogP contribution >= 0.6 is 12.8 Å². The Morgan fingerprint density at radius 2 is 1.86 bits per heavy atom. The second-order valence-corrected chi connectivity index (χ2v) is 2.07. The molecule has 7 heavy (non-hydrogen) atoms. The van der Waals surface area contributed by atoms with E-state index in [2.05, 4.69) is 23.4 Å². The third kappa shape index (κ3) is 1.65. The van der Waals surface area contributed by atoms with Crippen molar-refractivity contribution < 1.29 is 0 Å². The van der Waals surface area contributed by atoms with Crippen LogP contribution in [0.5, 0.6) is 0 Å². The zero-order chi connectivity index (χ0) is 5.11. The fourth-order valence-corrected chi connectivity index (χ4v) is 0.714. The van der Waals surface area contributed by atoms with Crippen molar-refractivity contribution in [1.82, 2.24) is 14.9 Å². The molecule has 3 nitrogen and oxygen atoms in total. The molecule has 0 spiro atoms. The molecule has 0 saturated carbocycles. The maximum Gasteiger partial charge on any atom is 0.0602 e. The van der Waals surface area contributed by atoms with E-state index in [0.29, 0.717) is 0 Å². The largest absolute Gasteiger partial charge is 0.291 e. The Hall–Kier alpha value is 0.230. The van der Waals surface area contributed by atoms with Gasteiger partial charge in [-0.2, -0.15) is 0 Å². The van der Waals surface area contributed by atoms with Crippen molar-refractivity contribution >= 4 is 12.8 Å². The molecule has 0 atom stereocenters. The average Bonchev–Trinajstić information content (AvgIpc) is 1.69. The van der Waals surface area contributed by atoms with E-state index in [1.54, 1.807) is 0 Å². The summed E-state index contributed by atoms with van der Waals surface area (Å²) in [6.07, 6.45) is 0. The number of nitrogens with one attached hydrogen (secondary N) is 2. The van der Waals surface area contributed by atoms with Crippen LogP contribution in [-0.4, -0.2) is 24.3 Å². The molecule has 1 aliphatic heterocycles. The number of rotatable bonds is 0. The molecule has 0 aromatic rings. The molecule has 0 unspecified atom stereocenters. The summed E-state index contributed by atoms with van der Waals surface area (Å²) in [5.74, 6) is 0. The van der Waals surface area contributed by atoms with E-state index in [1.807, 2.05) is 4.31 Å². The Bertz CT molecular complexity index is 52.1. The predicted molar refractivity (Wildman–Crippen MR) is 31.7 cm³/mol. The summed E-state index contributed by atoms with van der Waals surface area (Å²) >= 11 is 4.07. The van der Waals surface area contributed by atoms with E-state index in [1.165, 1.54) is 0 Å². The van der Waals surface area contributed by atoms with Gasteiger partial charge < -0.3 is 0 Å². The lowest BCUT2D eigenvalue weighted by Crippen LogP contribution is -2.46. The number of hydrogen-bond donors (Lipinski definition) is 3. The van der Waals surface area contributed by atoms with Gasteiger partial charge in [0.25, 0.3) is 0 Å². The number of nitrogens with zero attached hydrogens (tertiary/aromatic N) is 1. The van der Waals surface area contributed by atoms with Gasteiger partial charge in [0.05, 0.1) is 13.3 Å². The minimum Gasteiger partial charge on any atom is -0.291 e. The van der Waals surface area contributed by atoms with E-state index in [4.69, 9.17) is 0 Å². The zero-order valence-electron chi connectivity index (χ0n) is 4.02. The molecule has 1 aliphatic rings. The van der Waals surface area contributed by atoms with Gasteiger partial charge in [0.1, 0.15) is 0 Å². The average molecular weight is 119 g/mol. The highest BCUT2D eigenvalue weighted by Gasteiger charge is 2.00. The highest BCUT2D eigenvalue weighted by atomic mass is 32.1. The first kappa shape index (κ1) is 5.37. The molecule has 0 aromatic heterocycles. The second kappa shape index (κ2) is 2.52. The van der Waals surface area contributed by atoms with Gasteiger partial charge in [-0.25, -0.2) is 4.31 Å². The smallest absolute Gasteiger partial charge is 0.0602 e. The van der Waals surface area contributed by atoms with Gasteiger partial charge >= 0.3 is 0 Å². The van der Waals surface area contributed by atoms with Gasteiger partial charge in [-0.3, -0.25) is 10.6 Å². The first-order valence-electron chi connectivity index (χ1n) is 2.25. The fourth-order valence-electron chi connectivity index (χ4n) is 0.514. The molecule has 1 saturated heterocycles. The zero-order valence-corrected chi connectivity index (χ0v) is 4.91. The maximum atomic E-state index is 4.07. The predicted octanol–water partition coefficient (Wildman–Crippen LogP) is -0.802.